The first-order valence-corrected chi connectivity index (χ1v) is 3.81. The first-order valence-electron chi connectivity index (χ1n) is 3.81. The molecular weight excluding hydrogens is 207 g/mol. The van der Waals surface area contributed by atoms with Crippen molar-refractivity contribution in [1.82, 2.24) is 0 Å². The van der Waals surface area contributed by atoms with Gasteiger partial charge in [0.1, 0.15) is 5.82 Å². The van der Waals surface area contributed by atoms with Gasteiger partial charge in [-0.15, -0.1) is 0 Å². The lowest BCUT2D eigenvalue weighted by molar-refractivity contribution is -0.131. The summed E-state index contributed by atoms with van der Waals surface area (Å²) in [6.07, 6.45) is 0. The molecule has 5 nitrogen and oxygen atoms in total. The Labute approximate surface area is 83.7 Å². The number of Topliss-reactive ketones (excluding diaryl/α,β-unsaturated/α-hetero) is 1. The number of halogens is 1. The molecule has 0 bridgehead atoms. The lowest BCUT2D eigenvalue weighted by Gasteiger charge is -2.05. The van der Waals surface area contributed by atoms with Gasteiger partial charge in [0.25, 0.3) is 5.78 Å². The molecule has 1 aromatic rings. The zero-order valence-corrected chi connectivity index (χ0v) is 7.65. The van der Waals surface area contributed by atoms with Crippen LogP contribution < -0.4 is 4.74 Å². The molecule has 80 valence electrons. The van der Waals surface area contributed by atoms with Crippen LogP contribution in [0.15, 0.2) is 12.1 Å². The average Bonchev–Trinajstić information content (AvgIpc) is 2.19. The van der Waals surface area contributed by atoms with Gasteiger partial charge in [0.05, 0.1) is 12.7 Å². The normalized spacial score (nSPS) is 9.73. The minimum Gasteiger partial charge on any atom is -0.504 e. The van der Waals surface area contributed by atoms with Crippen molar-refractivity contribution in [3.8, 4) is 11.5 Å². The van der Waals surface area contributed by atoms with Gasteiger partial charge in [-0.2, -0.15) is 0 Å². The number of methoxy groups -OCH3 is 1. The number of ketones is 1. The number of aromatic hydroxyl groups is 1. The summed E-state index contributed by atoms with van der Waals surface area (Å²) in [4.78, 5) is 21.2. The molecule has 15 heavy (non-hydrogen) atoms. The summed E-state index contributed by atoms with van der Waals surface area (Å²) in [5, 5.41) is 17.6. The third-order valence-electron chi connectivity index (χ3n) is 1.71. The van der Waals surface area contributed by atoms with Crippen LogP contribution in [0.2, 0.25) is 0 Å². The summed E-state index contributed by atoms with van der Waals surface area (Å²) in [7, 11) is 1.20. The van der Waals surface area contributed by atoms with E-state index in [1.165, 1.54) is 7.11 Å². The summed E-state index contributed by atoms with van der Waals surface area (Å²) in [5.41, 5.74) is -0.708. The number of hydrogen-bond acceptors (Lipinski definition) is 4. The molecule has 0 radical (unpaired) electrons. The highest BCUT2D eigenvalue weighted by Gasteiger charge is 2.21. The van der Waals surface area contributed by atoms with Crippen molar-refractivity contribution in [2.45, 2.75) is 0 Å². The Balaban J connectivity index is 3.28. The Bertz CT molecular complexity index is 427. The maximum Gasteiger partial charge on any atom is 0.377 e. The van der Waals surface area contributed by atoms with Crippen molar-refractivity contribution in [1.29, 1.82) is 0 Å². The molecule has 0 atom stereocenters. The Morgan fingerprint density at radius 3 is 2.47 bits per heavy atom. The first kappa shape index (κ1) is 11.0. The third-order valence-corrected chi connectivity index (χ3v) is 1.71. The molecule has 1 aromatic carbocycles. The fourth-order valence-corrected chi connectivity index (χ4v) is 0.996. The molecule has 6 heteroatoms. The molecule has 1 rings (SSSR count). The summed E-state index contributed by atoms with van der Waals surface area (Å²) >= 11 is 0. The molecule has 0 saturated heterocycles. The number of hydrogen-bond donors (Lipinski definition) is 2. The summed E-state index contributed by atoms with van der Waals surface area (Å²) in [6, 6.07) is 1.45. The molecule has 0 aliphatic rings. The highest BCUT2D eigenvalue weighted by molar-refractivity contribution is 6.40. The fourth-order valence-electron chi connectivity index (χ4n) is 0.996. The molecule has 0 aliphatic carbocycles. The molecule has 0 fully saturated rings. The quantitative estimate of drug-likeness (QED) is 0.574. The van der Waals surface area contributed by atoms with Gasteiger partial charge in [-0.05, 0) is 6.07 Å². The molecule has 0 saturated carbocycles. The van der Waals surface area contributed by atoms with Crippen LogP contribution in [0.1, 0.15) is 10.4 Å². The number of phenolic OH excluding ortho intramolecular Hbond substituents is 1. The van der Waals surface area contributed by atoms with Crippen LogP contribution in [-0.4, -0.2) is 29.1 Å². The highest BCUT2D eigenvalue weighted by atomic mass is 19.1. The van der Waals surface area contributed by atoms with E-state index >= 15 is 0 Å². The van der Waals surface area contributed by atoms with Gasteiger partial charge in [0, 0.05) is 6.07 Å². The van der Waals surface area contributed by atoms with Crippen LogP contribution in [0.5, 0.6) is 11.5 Å². The summed E-state index contributed by atoms with van der Waals surface area (Å²) in [6.45, 7) is 0. The van der Waals surface area contributed by atoms with Crippen LogP contribution in [0, 0.1) is 5.82 Å². The topological polar surface area (TPSA) is 83.8 Å². The predicted octanol–water partition coefficient (Wildman–Crippen LogP) is 0.807. The van der Waals surface area contributed by atoms with Gasteiger partial charge in [-0.25, -0.2) is 9.18 Å². The van der Waals surface area contributed by atoms with E-state index in [9.17, 15) is 19.1 Å². The Morgan fingerprint density at radius 2 is 2.00 bits per heavy atom. The predicted molar refractivity (Wildman–Crippen MR) is 46.6 cm³/mol. The summed E-state index contributed by atoms with van der Waals surface area (Å²) in [5.74, 6) is -4.95. The van der Waals surface area contributed by atoms with E-state index in [1.54, 1.807) is 0 Å². The van der Waals surface area contributed by atoms with E-state index in [4.69, 9.17) is 5.11 Å². The van der Waals surface area contributed by atoms with E-state index in [0.29, 0.717) is 6.07 Å². The molecular formula is C9H7FO5. The smallest absolute Gasteiger partial charge is 0.377 e. The standard InChI is InChI=1S/C9H7FO5/c1-15-7-3-5(10)4(2-6(7)11)8(12)9(13)14/h2-3,11H,1H3,(H,13,14). The lowest BCUT2D eigenvalue weighted by atomic mass is 10.1. The molecule has 0 amide bonds. The van der Waals surface area contributed by atoms with Crippen molar-refractivity contribution < 1.29 is 28.9 Å². The van der Waals surface area contributed by atoms with Gasteiger partial charge < -0.3 is 14.9 Å². The highest BCUT2D eigenvalue weighted by Crippen LogP contribution is 2.28. The zero-order chi connectivity index (χ0) is 11.6. The SMILES string of the molecule is COc1cc(F)c(C(=O)C(=O)O)cc1O. The molecule has 0 unspecified atom stereocenters. The van der Waals surface area contributed by atoms with Crippen molar-refractivity contribution in [3.05, 3.63) is 23.5 Å². The van der Waals surface area contributed by atoms with Crippen LogP contribution >= 0.6 is 0 Å². The second kappa shape index (κ2) is 3.95. The van der Waals surface area contributed by atoms with Gasteiger partial charge in [-0.3, -0.25) is 4.79 Å². The van der Waals surface area contributed by atoms with Crippen LogP contribution in [0.4, 0.5) is 4.39 Å². The van der Waals surface area contributed by atoms with Crippen molar-refractivity contribution in [2.75, 3.05) is 7.11 Å². The Hall–Kier alpha value is -2.11. The van der Waals surface area contributed by atoms with E-state index in [0.717, 1.165) is 6.07 Å². The minimum atomic E-state index is -1.79. The zero-order valence-electron chi connectivity index (χ0n) is 7.65. The van der Waals surface area contributed by atoms with Gasteiger partial charge in [0.2, 0.25) is 0 Å². The lowest BCUT2D eigenvalue weighted by Crippen LogP contribution is -2.14. The van der Waals surface area contributed by atoms with Gasteiger partial charge in [0.15, 0.2) is 11.5 Å². The number of benzene rings is 1. The van der Waals surface area contributed by atoms with Crippen LogP contribution in [-0.2, 0) is 4.79 Å². The van der Waals surface area contributed by atoms with E-state index in [2.05, 4.69) is 4.74 Å². The first-order chi connectivity index (χ1) is 6.97. The van der Waals surface area contributed by atoms with E-state index in [1.807, 2.05) is 0 Å². The summed E-state index contributed by atoms with van der Waals surface area (Å²) < 4.78 is 17.7. The Kier molecular flexibility index (Phi) is 2.89. The van der Waals surface area contributed by atoms with Crippen LogP contribution in [0.3, 0.4) is 0 Å². The van der Waals surface area contributed by atoms with E-state index in [-0.39, 0.29) is 5.75 Å². The maximum absolute atomic E-state index is 13.2. The average molecular weight is 214 g/mol. The molecule has 0 spiro atoms. The molecule has 0 aromatic heterocycles. The second-order valence-electron chi connectivity index (χ2n) is 2.64. The van der Waals surface area contributed by atoms with E-state index < -0.39 is 28.9 Å². The number of rotatable bonds is 3. The fraction of sp³-hybridized carbons (Fsp3) is 0.111. The number of carbonyl (C=O) groups is 2. The third kappa shape index (κ3) is 2.04. The van der Waals surface area contributed by atoms with Gasteiger partial charge >= 0.3 is 5.97 Å². The number of phenols is 1. The van der Waals surface area contributed by atoms with Crippen molar-refractivity contribution in [2.24, 2.45) is 0 Å². The van der Waals surface area contributed by atoms with Crippen molar-refractivity contribution >= 4 is 11.8 Å². The number of carboxylic acid groups (broad SMARTS) is 1. The minimum absolute atomic E-state index is 0.172. The molecule has 0 heterocycles. The maximum atomic E-state index is 13.2. The number of aliphatic carboxylic acids is 1. The monoisotopic (exact) mass is 214 g/mol. The number of carbonyl (C=O) groups excluding carboxylic acids is 1. The number of carboxylic acids is 1. The Morgan fingerprint density at radius 1 is 1.40 bits per heavy atom. The second-order valence-corrected chi connectivity index (χ2v) is 2.64. The van der Waals surface area contributed by atoms with Crippen molar-refractivity contribution in [3.63, 3.8) is 0 Å². The largest absolute Gasteiger partial charge is 0.504 e. The molecule has 2 N–H and O–H groups in total. The number of ether oxygens (including phenoxy) is 1. The molecule has 0 aliphatic heterocycles. The van der Waals surface area contributed by atoms with Gasteiger partial charge in [-0.1, -0.05) is 0 Å². The van der Waals surface area contributed by atoms with Crippen LogP contribution in [0.25, 0.3) is 0 Å².